The summed E-state index contributed by atoms with van der Waals surface area (Å²) in [7, 11) is 0. The van der Waals surface area contributed by atoms with E-state index in [2.05, 4.69) is 172 Å². The van der Waals surface area contributed by atoms with Gasteiger partial charge in [-0.25, -0.2) is 19.9 Å². The number of para-hydroxylation sites is 4. The molecule has 16 nitrogen and oxygen atoms in total. The number of carbonyl (C=O) groups excluding carboxylic acids is 4. The molecule has 788 valence electrons. The van der Waals surface area contributed by atoms with Crippen LogP contribution in [0.5, 0.6) is 46.5 Å². The number of ketones is 4. The van der Waals surface area contributed by atoms with Crippen LogP contribution in [0.2, 0.25) is 0 Å². The summed E-state index contributed by atoms with van der Waals surface area (Å²) in [4.78, 5) is 64.8. The van der Waals surface area contributed by atoms with E-state index in [4.69, 9.17) is 18.9 Å². The Labute approximate surface area is 916 Å². The van der Waals surface area contributed by atoms with Crippen molar-refractivity contribution in [2.45, 2.75) is 297 Å². The van der Waals surface area contributed by atoms with Crippen LogP contribution in [-0.4, -0.2) is 63.5 Å². The average molecular weight is 2670 g/mol. The van der Waals surface area contributed by atoms with Gasteiger partial charge in [-0.3, -0.25) is 19.2 Å². The van der Waals surface area contributed by atoms with Gasteiger partial charge in [0.15, 0.2) is 23.1 Å². The quantitative estimate of drug-likeness (QED) is 0.0174. The molecule has 8 aromatic carbocycles. The summed E-state index contributed by atoms with van der Waals surface area (Å²) in [6.07, 6.45) is 19.4. The summed E-state index contributed by atoms with van der Waals surface area (Å²) in [6.45, 7) is 64.2. The van der Waals surface area contributed by atoms with Crippen LogP contribution in [0.15, 0.2) is 266 Å². The Bertz CT molecular complexity index is 5800. The third kappa shape index (κ3) is 42.1. The van der Waals surface area contributed by atoms with Crippen LogP contribution in [-0.2, 0) is 99.6 Å². The van der Waals surface area contributed by atoms with Crippen LogP contribution in [0, 0.1) is 67.6 Å². The number of hydrogen-bond donors (Lipinski definition) is 4. The van der Waals surface area contributed by atoms with Crippen LogP contribution in [0.3, 0.4) is 0 Å². The zero-order valence-corrected chi connectivity index (χ0v) is 101. The summed E-state index contributed by atoms with van der Waals surface area (Å²) in [5, 5.41) is 48.6. The van der Waals surface area contributed by atoms with Crippen LogP contribution < -0.4 is 18.9 Å². The molecule has 0 aliphatic carbocycles. The molecular formula is C124H160Ir4N4O12-4. The Morgan fingerprint density at radius 3 is 0.819 bits per heavy atom. The fourth-order valence-corrected chi connectivity index (χ4v) is 12.3. The fourth-order valence-electron chi connectivity index (χ4n) is 12.3. The molecule has 0 aliphatic heterocycles. The van der Waals surface area contributed by atoms with Crippen LogP contribution in [0.25, 0.3) is 43.1 Å². The molecule has 0 bridgehead atoms. The topological polar surface area (TPSA) is 238 Å². The first-order valence-electron chi connectivity index (χ1n) is 49.6. The second-order valence-corrected chi connectivity index (χ2v) is 41.8. The van der Waals surface area contributed by atoms with E-state index in [0.29, 0.717) is 70.2 Å². The number of carbonyl (C=O) groups is 4. The molecule has 144 heavy (non-hydrogen) atoms. The molecule has 12 aromatic rings. The van der Waals surface area contributed by atoms with Gasteiger partial charge in [-0.05, 0) is 125 Å². The minimum Gasteiger partial charge on any atom is -0.512 e. The Morgan fingerprint density at radius 2 is 0.528 bits per heavy atom. The molecule has 20 heteroatoms. The number of hydrogen-bond acceptors (Lipinski definition) is 16. The van der Waals surface area contributed by atoms with Crippen LogP contribution in [0.4, 0.5) is 0 Å². The van der Waals surface area contributed by atoms with E-state index in [1.54, 1.807) is 0 Å². The van der Waals surface area contributed by atoms with Crippen molar-refractivity contribution in [3.8, 4) is 46.5 Å². The molecule has 12 rings (SSSR count). The maximum atomic E-state index is 11.8. The first-order valence-corrected chi connectivity index (χ1v) is 49.6. The van der Waals surface area contributed by atoms with Crippen LogP contribution in [0.1, 0.15) is 319 Å². The van der Waals surface area contributed by atoms with E-state index >= 15 is 0 Å². The van der Waals surface area contributed by atoms with Crippen molar-refractivity contribution in [3.05, 3.63) is 313 Å². The molecule has 4 N–H and O–H groups in total. The number of benzene rings is 8. The number of rotatable bonds is 32. The minimum atomic E-state index is -0.377. The molecule has 0 unspecified atom stereocenters. The Hall–Kier alpha value is -9.96. The molecule has 0 fully saturated rings. The molecule has 0 aliphatic rings. The second kappa shape index (κ2) is 61.6. The van der Waals surface area contributed by atoms with Gasteiger partial charge in [0.1, 0.15) is 23.0 Å². The van der Waals surface area contributed by atoms with Gasteiger partial charge in [0.2, 0.25) is 23.5 Å². The monoisotopic (exact) mass is 2670 g/mol. The Kier molecular flexibility index (Phi) is 56.5. The summed E-state index contributed by atoms with van der Waals surface area (Å²) in [5.74, 6) is 7.88. The molecule has 0 atom stereocenters. The van der Waals surface area contributed by atoms with E-state index in [-0.39, 0.29) is 170 Å². The van der Waals surface area contributed by atoms with Gasteiger partial charge in [0.05, 0.1) is 0 Å². The number of ether oxygens (including phenoxy) is 4. The van der Waals surface area contributed by atoms with Gasteiger partial charge in [0, 0.05) is 242 Å². The standard InChI is InChI=1S/4C18H16NO.4C13H24O2.4Ir/c1-13(2)16-10-6-7-14-12-19-18(11-17(14)16)20-15-8-4-3-5-9-15;1-13(2)16-10-6-7-14-11-18(19-12-17(14)16)20-15-8-4-3-5-9-15;1-13(2)14-8-9-15-12-19-18(11-16(15)10-14)20-17-6-4-3-5-7-17;1-13(2)14-8-9-15-11-18(19-12-16(15)10-14)20-17-6-4-3-5-7-17;4*1-7-12(3,4)10(14)9-11(15)13(5,6)8-2;;;;/h2*3-8,10-13H,1-2H3;2*3-6,8-13H,1-2H3;4*9,14H,7-8H2,1-6H3;;;;/q4*-1;;;;;;;;. The predicted molar refractivity (Wildman–Crippen MR) is 580 cm³/mol. The van der Waals surface area contributed by atoms with Gasteiger partial charge in [-0.2, -0.15) is 72.8 Å². The number of aromatic nitrogens is 4. The number of allylic oxidation sites excluding steroid dienone is 8. The molecule has 4 heterocycles. The van der Waals surface area contributed by atoms with Crippen molar-refractivity contribution < 1.29 is 139 Å². The zero-order valence-electron chi connectivity index (χ0n) is 91.2. The largest absolute Gasteiger partial charge is 0.512 e. The number of aliphatic hydroxyl groups excluding tert-OH is 4. The SMILES string of the molecule is CC(C)c1ccc2cc(Oc3[c-]cccc3)ncc2c1.CC(C)c1ccc2cnc(Oc3[c-]cccc3)cc2c1.CC(C)c1cccc2cc(Oc3[c-]cccc3)ncc12.CC(C)c1cccc2cnc(Oc3[c-]cccc3)cc12.CCC(C)(C)C(=O)C=C(O)C(C)(C)CC.CCC(C)(C)C(=O)C=C(O)C(C)(C)CC.CCC(C)(C)C(=O)C=C(O)C(C)(C)CC.CCC(C)(C)C(=O)C=C(O)C(C)(C)CC.[Ir].[Ir].[Ir].[Ir]. The average Bonchev–Trinajstić information content (AvgIpc) is 0.846. The third-order valence-electron chi connectivity index (χ3n) is 26.7. The van der Waals surface area contributed by atoms with E-state index in [1.165, 1.54) is 57.3 Å². The fraction of sp³-hybridized carbons (Fsp3) is 0.419. The van der Waals surface area contributed by atoms with Crippen molar-refractivity contribution in [3.63, 3.8) is 0 Å². The number of nitrogens with zero attached hydrogens (tertiary/aromatic N) is 4. The van der Waals surface area contributed by atoms with Gasteiger partial charge in [-0.1, -0.05) is 288 Å². The number of fused-ring (bicyclic) bond motifs is 4. The number of pyridine rings is 4. The van der Waals surface area contributed by atoms with Crippen molar-refractivity contribution in [2.75, 3.05) is 0 Å². The Morgan fingerprint density at radius 1 is 0.271 bits per heavy atom. The minimum absolute atomic E-state index is 0. The van der Waals surface area contributed by atoms with Crippen molar-refractivity contribution in [1.82, 2.24) is 19.9 Å². The summed E-state index contributed by atoms with van der Waals surface area (Å²) >= 11 is 0. The van der Waals surface area contributed by atoms with Crippen LogP contribution >= 0.6 is 0 Å². The first kappa shape index (κ1) is 132. The normalized spacial score (nSPS) is 12.0. The van der Waals surface area contributed by atoms with E-state index < -0.39 is 0 Å². The molecule has 0 spiro atoms. The second-order valence-electron chi connectivity index (χ2n) is 41.8. The summed E-state index contributed by atoms with van der Waals surface area (Å²) < 4.78 is 22.9. The summed E-state index contributed by atoms with van der Waals surface area (Å²) in [6, 6.07) is 75.7. The van der Waals surface area contributed by atoms with Gasteiger partial charge in [0.25, 0.3) is 0 Å². The maximum Gasteiger partial charge on any atom is 0.217 e. The molecule has 0 saturated carbocycles. The molecule has 4 radical (unpaired) electrons. The predicted octanol–water partition coefficient (Wildman–Crippen LogP) is 35.3. The van der Waals surface area contributed by atoms with E-state index in [9.17, 15) is 39.6 Å². The Balaban J connectivity index is 0.000000824. The summed E-state index contributed by atoms with van der Waals surface area (Å²) in [5.41, 5.74) is 2.54. The van der Waals surface area contributed by atoms with Crippen molar-refractivity contribution in [2.24, 2.45) is 43.3 Å². The molecule has 0 saturated heterocycles. The smallest absolute Gasteiger partial charge is 0.217 e. The first-order chi connectivity index (χ1) is 65.6. The third-order valence-corrected chi connectivity index (χ3v) is 26.7. The molecular weight excluding hydrogens is 2510 g/mol. The van der Waals surface area contributed by atoms with Gasteiger partial charge in [-0.15, -0.1) is 48.5 Å². The van der Waals surface area contributed by atoms with E-state index in [0.717, 1.165) is 83.7 Å². The van der Waals surface area contributed by atoms with E-state index in [1.807, 2.05) is 312 Å². The number of aliphatic hydroxyl groups is 4. The molecule has 4 aromatic heterocycles. The van der Waals surface area contributed by atoms with Crippen molar-refractivity contribution in [1.29, 1.82) is 0 Å². The zero-order chi connectivity index (χ0) is 105. The van der Waals surface area contributed by atoms with Gasteiger partial charge >= 0.3 is 0 Å². The maximum absolute atomic E-state index is 11.8. The van der Waals surface area contributed by atoms with Gasteiger partial charge < -0.3 is 39.4 Å². The molecule has 0 amide bonds. The van der Waals surface area contributed by atoms with Crippen molar-refractivity contribution >= 4 is 66.2 Å².